The summed E-state index contributed by atoms with van der Waals surface area (Å²) in [6, 6.07) is 11.4. The van der Waals surface area contributed by atoms with E-state index in [-0.39, 0.29) is 4.90 Å². The standard InChI is InChI=1S/C22H23N3O6S2/c1-16(31-22(27)20-19(8-15-32-20)24-9-2-3-10-24)21(26)23-17-4-6-18(7-5-17)33(28,29)25-11-13-30-14-12-25/h2-10,15-16H,11-14H2,1H3,(H,23,26). The summed E-state index contributed by atoms with van der Waals surface area (Å²) in [5, 5.41) is 4.43. The van der Waals surface area contributed by atoms with Crippen molar-refractivity contribution >= 4 is 38.9 Å². The SMILES string of the molecule is CC(OC(=O)c1sccc1-n1cccc1)C(=O)Nc1ccc(S(=O)(=O)N2CCOCC2)cc1. The van der Waals surface area contributed by atoms with Crippen LogP contribution in [0.25, 0.3) is 5.69 Å². The van der Waals surface area contributed by atoms with Crippen LogP contribution < -0.4 is 5.32 Å². The largest absolute Gasteiger partial charge is 0.448 e. The number of anilines is 1. The molecule has 3 aromatic rings. The van der Waals surface area contributed by atoms with E-state index >= 15 is 0 Å². The van der Waals surface area contributed by atoms with Gasteiger partial charge in [0.1, 0.15) is 4.88 Å². The second-order valence-electron chi connectivity index (χ2n) is 7.30. The summed E-state index contributed by atoms with van der Waals surface area (Å²) in [6.45, 7) is 2.82. The lowest BCUT2D eigenvalue weighted by Crippen LogP contribution is -2.40. The van der Waals surface area contributed by atoms with Gasteiger partial charge in [-0.3, -0.25) is 4.79 Å². The summed E-state index contributed by atoms with van der Waals surface area (Å²) in [6.07, 6.45) is 2.59. The average molecular weight is 490 g/mol. The van der Waals surface area contributed by atoms with Gasteiger partial charge in [-0.1, -0.05) is 0 Å². The van der Waals surface area contributed by atoms with Gasteiger partial charge in [0.15, 0.2) is 6.10 Å². The minimum absolute atomic E-state index is 0.136. The lowest BCUT2D eigenvalue weighted by atomic mass is 10.3. The Labute approximate surface area is 195 Å². The molecule has 0 radical (unpaired) electrons. The molecule has 0 saturated carbocycles. The topological polar surface area (TPSA) is 107 Å². The highest BCUT2D eigenvalue weighted by Crippen LogP contribution is 2.23. The number of aromatic nitrogens is 1. The molecule has 0 spiro atoms. The maximum Gasteiger partial charge on any atom is 0.351 e. The van der Waals surface area contributed by atoms with E-state index in [1.807, 2.05) is 24.5 Å². The Balaban J connectivity index is 1.37. The molecule has 1 N–H and O–H groups in total. The number of hydrogen-bond acceptors (Lipinski definition) is 7. The van der Waals surface area contributed by atoms with Gasteiger partial charge in [-0.05, 0) is 54.8 Å². The van der Waals surface area contributed by atoms with Gasteiger partial charge in [0.25, 0.3) is 5.91 Å². The van der Waals surface area contributed by atoms with Crippen molar-refractivity contribution in [3.05, 3.63) is 65.1 Å². The van der Waals surface area contributed by atoms with Crippen LogP contribution in [0.4, 0.5) is 5.69 Å². The highest BCUT2D eigenvalue weighted by molar-refractivity contribution is 7.89. The lowest BCUT2D eigenvalue weighted by molar-refractivity contribution is -0.123. The van der Waals surface area contributed by atoms with Gasteiger partial charge in [0.2, 0.25) is 10.0 Å². The molecule has 33 heavy (non-hydrogen) atoms. The lowest BCUT2D eigenvalue weighted by Gasteiger charge is -2.26. The van der Waals surface area contributed by atoms with Gasteiger partial charge >= 0.3 is 5.97 Å². The molecular weight excluding hydrogens is 466 g/mol. The van der Waals surface area contributed by atoms with Crippen molar-refractivity contribution in [2.45, 2.75) is 17.9 Å². The molecule has 1 atom stereocenters. The van der Waals surface area contributed by atoms with Crippen LogP contribution in [0.15, 0.2) is 65.1 Å². The van der Waals surface area contributed by atoms with Crippen LogP contribution in [0, 0.1) is 0 Å². The van der Waals surface area contributed by atoms with Gasteiger partial charge in [-0.15, -0.1) is 11.3 Å². The first-order valence-electron chi connectivity index (χ1n) is 10.3. The fourth-order valence-electron chi connectivity index (χ4n) is 3.31. The van der Waals surface area contributed by atoms with E-state index in [0.717, 1.165) is 0 Å². The molecule has 1 aliphatic rings. The fraction of sp³-hybridized carbons (Fsp3) is 0.273. The van der Waals surface area contributed by atoms with Crippen LogP contribution in [0.3, 0.4) is 0 Å². The van der Waals surface area contributed by atoms with E-state index in [2.05, 4.69) is 5.32 Å². The number of carbonyl (C=O) groups excluding carboxylic acids is 2. The average Bonchev–Trinajstić information content (AvgIpc) is 3.52. The van der Waals surface area contributed by atoms with E-state index in [9.17, 15) is 18.0 Å². The molecule has 2 aromatic heterocycles. The predicted molar refractivity (Wildman–Crippen MR) is 123 cm³/mol. The number of nitrogens with one attached hydrogen (secondary N) is 1. The maximum absolute atomic E-state index is 12.7. The smallest absolute Gasteiger partial charge is 0.351 e. The summed E-state index contributed by atoms with van der Waals surface area (Å²) >= 11 is 1.23. The molecule has 1 saturated heterocycles. The van der Waals surface area contributed by atoms with Crippen molar-refractivity contribution in [3.8, 4) is 5.69 Å². The Kier molecular flexibility index (Phi) is 6.94. The zero-order chi connectivity index (χ0) is 23.4. The van der Waals surface area contributed by atoms with Crippen LogP contribution in [0.2, 0.25) is 0 Å². The van der Waals surface area contributed by atoms with E-state index in [1.54, 1.807) is 16.0 Å². The third-order valence-corrected chi connectivity index (χ3v) is 7.89. The zero-order valence-electron chi connectivity index (χ0n) is 17.8. The van der Waals surface area contributed by atoms with Crippen molar-refractivity contribution < 1.29 is 27.5 Å². The first-order chi connectivity index (χ1) is 15.9. The second kappa shape index (κ2) is 9.87. The molecule has 1 aliphatic heterocycles. The van der Waals surface area contributed by atoms with E-state index < -0.39 is 28.0 Å². The Bertz CT molecular complexity index is 1210. The molecule has 9 nitrogen and oxygen atoms in total. The van der Waals surface area contributed by atoms with E-state index in [1.165, 1.54) is 46.8 Å². The second-order valence-corrected chi connectivity index (χ2v) is 10.2. The van der Waals surface area contributed by atoms with Crippen molar-refractivity contribution in [1.82, 2.24) is 8.87 Å². The number of amides is 1. The summed E-state index contributed by atoms with van der Waals surface area (Å²) in [4.78, 5) is 25.7. The summed E-state index contributed by atoms with van der Waals surface area (Å²) in [5.74, 6) is -1.12. The van der Waals surface area contributed by atoms with Gasteiger partial charge in [-0.25, -0.2) is 13.2 Å². The van der Waals surface area contributed by atoms with Crippen LogP contribution in [0.1, 0.15) is 16.6 Å². The Morgan fingerprint density at radius 1 is 1.09 bits per heavy atom. The highest BCUT2D eigenvalue weighted by Gasteiger charge is 2.26. The number of thiophene rings is 1. The zero-order valence-corrected chi connectivity index (χ0v) is 19.5. The summed E-state index contributed by atoms with van der Waals surface area (Å²) in [5.41, 5.74) is 1.08. The number of sulfonamides is 1. The van der Waals surface area contributed by atoms with Gasteiger partial charge in [-0.2, -0.15) is 4.31 Å². The molecule has 0 aliphatic carbocycles. The minimum atomic E-state index is -3.62. The quantitative estimate of drug-likeness (QED) is 0.512. The predicted octanol–water partition coefficient (Wildman–Crippen LogP) is 2.74. The van der Waals surface area contributed by atoms with Crippen LogP contribution in [-0.4, -0.2) is 61.6 Å². The fourth-order valence-corrected chi connectivity index (χ4v) is 5.49. The van der Waals surface area contributed by atoms with Gasteiger partial charge < -0.3 is 19.4 Å². The number of rotatable bonds is 7. The number of nitrogens with zero attached hydrogens (tertiary/aromatic N) is 2. The van der Waals surface area contributed by atoms with E-state index in [0.29, 0.717) is 42.6 Å². The number of esters is 1. The van der Waals surface area contributed by atoms with Crippen molar-refractivity contribution in [2.75, 3.05) is 31.6 Å². The Hall–Kier alpha value is -2.99. The van der Waals surface area contributed by atoms with E-state index in [4.69, 9.17) is 9.47 Å². The molecule has 1 unspecified atom stereocenters. The minimum Gasteiger partial charge on any atom is -0.448 e. The monoisotopic (exact) mass is 489 g/mol. The molecule has 11 heteroatoms. The molecule has 0 bridgehead atoms. The molecule has 4 rings (SSSR count). The molecule has 3 heterocycles. The van der Waals surface area contributed by atoms with Crippen molar-refractivity contribution in [3.63, 3.8) is 0 Å². The van der Waals surface area contributed by atoms with Crippen LogP contribution in [-0.2, 0) is 24.3 Å². The van der Waals surface area contributed by atoms with Crippen molar-refractivity contribution in [2.24, 2.45) is 0 Å². The van der Waals surface area contributed by atoms with Crippen LogP contribution >= 0.6 is 11.3 Å². The number of morpholine rings is 1. The van der Waals surface area contributed by atoms with Gasteiger partial charge in [0, 0.05) is 31.2 Å². The third kappa shape index (κ3) is 5.17. The maximum atomic E-state index is 12.7. The Morgan fingerprint density at radius 3 is 2.42 bits per heavy atom. The first kappa shape index (κ1) is 23.2. The molecule has 1 fully saturated rings. The normalized spacial score (nSPS) is 15.7. The molecule has 174 valence electrons. The number of carbonyl (C=O) groups is 2. The molecular formula is C22H23N3O6S2. The number of ether oxygens (including phenoxy) is 2. The number of benzene rings is 1. The summed E-state index contributed by atoms with van der Waals surface area (Å²) < 4.78 is 39.1. The van der Waals surface area contributed by atoms with Crippen molar-refractivity contribution in [1.29, 1.82) is 0 Å². The molecule has 1 amide bonds. The van der Waals surface area contributed by atoms with Crippen LogP contribution in [0.5, 0.6) is 0 Å². The molecule has 1 aromatic carbocycles. The van der Waals surface area contributed by atoms with Gasteiger partial charge in [0.05, 0.1) is 23.8 Å². The first-order valence-corrected chi connectivity index (χ1v) is 12.6. The third-order valence-electron chi connectivity index (χ3n) is 5.10. The summed E-state index contributed by atoms with van der Waals surface area (Å²) in [7, 11) is -3.62. The number of hydrogen-bond donors (Lipinski definition) is 1. The highest BCUT2D eigenvalue weighted by atomic mass is 32.2. The Morgan fingerprint density at radius 2 is 1.76 bits per heavy atom.